The molecule has 0 N–H and O–H groups in total. The van der Waals surface area contributed by atoms with Crippen LogP contribution in [0, 0.1) is 11.3 Å². The van der Waals surface area contributed by atoms with Crippen LogP contribution in [0.4, 0.5) is 0 Å². The summed E-state index contributed by atoms with van der Waals surface area (Å²) in [6.45, 7) is 19.3. The van der Waals surface area contributed by atoms with E-state index in [-0.39, 0.29) is 0 Å². The predicted molar refractivity (Wildman–Crippen MR) is 88.1 cm³/mol. The van der Waals surface area contributed by atoms with Crippen LogP contribution in [-0.2, 0) is 0 Å². The summed E-state index contributed by atoms with van der Waals surface area (Å²) >= 11 is 0. The maximum Gasteiger partial charge on any atom is 0.0126 e. The van der Waals surface area contributed by atoms with Gasteiger partial charge in [0, 0.05) is 37.8 Å². The van der Waals surface area contributed by atoms with Gasteiger partial charge in [0.1, 0.15) is 0 Å². The fourth-order valence-electron chi connectivity index (χ4n) is 4.06. The lowest BCUT2D eigenvalue weighted by Crippen LogP contribution is -2.56. The largest absolute Gasteiger partial charge is 0.298 e. The van der Waals surface area contributed by atoms with Gasteiger partial charge in [-0.1, -0.05) is 20.8 Å². The molecule has 20 heavy (non-hydrogen) atoms. The van der Waals surface area contributed by atoms with Crippen LogP contribution < -0.4 is 0 Å². The molecule has 0 spiro atoms. The Bertz CT molecular complexity index is 262. The fourth-order valence-corrected chi connectivity index (χ4v) is 4.06. The van der Waals surface area contributed by atoms with E-state index in [1.54, 1.807) is 0 Å². The van der Waals surface area contributed by atoms with Gasteiger partial charge in [-0.05, 0) is 57.8 Å². The third kappa shape index (κ3) is 3.98. The zero-order valence-electron chi connectivity index (χ0n) is 14.7. The van der Waals surface area contributed by atoms with Gasteiger partial charge in [0.05, 0.1) is 0 Å². The highest BCUT2D eigenvalue weighted by atomic mass is 15.3. The van der Waals surface area contributed by atoms with E-state index in [0.29, 0.717) is 11.0 Å². The molecular weight excluding hydrogens is 244 g/mol. The topological polar surface area (TPSA) is 6.48 Å². The van der Waals surface area contributed by atoms with Crippen LogP contribution in [0.1, 0.15) is 67.2 Å². The first-order chi connectivity index (χ1) is 9.18. The second kappa shape index (κ2) is 5.96. The Morgan fingerprint density at radius 1 is 0.700 bits per heavy atom. The van der Waals surface area contributed by atoms with Crippen LogP contribution in [-0.4, -0.2) is 47.6 Å². The van der Waals surface area contributed by atoms with E-state index < -0.39 is 0 Å². The van der Waals surface area contributed by atoms with Crippen LogP contribution in [0.5, 0.6) is 0 Å². The zero-order chi connectivity index (χ0) is 15.0. The molecule has 118 valence electrons. The highest BCUT2D eigenvalue weighted by molar-refractivity contribution is 4.88. The van der Waals surface area contributed by atoms with Crippen LogP contribution in [0.3, 0.4) is 0 Å². The standard InChI is InChI=1S/C18H36N2/c1-17(2,3)15-7-9-16(10-8-15)19-11-13-20(14-12-19)18(4,5)6/h15-16H,7-14H2,1-6H3. The van der Waals surface area contributed by atoms with Crippen LogP contribution in [0.15, 0.2) is 0 Å². The molecule has 1 aliphatic heterocycles. The quantitative estimate of drug-likeness (QED) is 0.716. The number of hydrogen-bond donors (Lipinski definition) is 0. The van der Waals surface area contributed by atoms with E-state index in [1.165, 1.54) is 51.9 Å². The molecule has 1 heterocycles. The van der Waals surface area contributed by atoms with Gasteiger partial charge in [0.25, 0.3) is 0 Å². The van der Waals surface area contributed by atoms with Crippen LogP contribution >= 0.6 is 0 Å². The van der Waals surface area contributed by atoms with Crippen molar-refractivity contribution >= 4 is 0 Å². The van der Waals surface area contributed by atoms with E-state index >= 15 is 0 Å². The second-order valence-electron chi connectivity index (χ2n) is 9.07. The Morgan fingerprint density at radius 2 is 1.20 bits per heavy atom. The van der Waals surface area contributed by atoms with Crippen molar-refractivity contribution in [3.63, 3.8) is 0 Å². The van der Waals surface area contributed by atoms with E-state index in [9.17, 15) is 0 Å². The average molecular weight is 280 g/mol. The van der Waals surface area contributed by atoms with Gasteiger partial charge in [-0.15, -0.1) is 0 Å². The minimum atomic E-state index is 0.343. The molecule has 0 unspecified atom stereocenters. The molecule has 2 heteroatoms. The van der Waals surface area contributed by atoms with Crippen molar-refractivity contribution in [3.05, 3.63) is 0 Å². The monoisotopic (exact) mass is 280 g/mol. The summed E-state index contributed by atoms with van der Waals surface area (Å²) in [5.74, 6) is 0.939. The molecule has 0 aromatic heterocycles. The fraction of sp³-hybridized carbons (Fsp3) is 1.00. The molecule has 0 aromatic carbocycles. The smallest absolute Gasteiger partial charge is 0.0126 e. The van der Waals surface area contributed by atoms with Gasteiger partial charge in [-0.25, -0.2) is 0 Å². The Hall–Kier alpha value is -0.0800. The van der Waals surface area contributed by atoms with Gasteiger partial charge in [-0.2, -0.15) is 0 Å². The maximum absolute atomic E-state index is 2.78. The average Bonchev–Trinajstić information content (AvgIpc) is 2.37. The first kappa shape index (κ1) is 16.3. The van der Waals surface area contributed by atoms with Crippen LogP contribution in [0.25, 0.3) is 0 Å². The van der Waals surface area contributed by atoms with Gasteiger partial charge in [0.15, 0.2) is 0 Å². The molecule has 0 amide bonds. The highest BCUT2D eigenvalue weighted by Crippen LogP contribution is 2.39. The zero-order valence-corrected chi connectivity index (χ0v) is 14.7. The summed E-state index contributed by atoms with van der Waals surface area (Å²) < 4.78 is 0. The van der Waals surface area contributed by atoms with Crippen molar-refractivity contribution < 1.29 is 0 Å². The molecule has 1 aliphatic carbocycles. The second-order valence-corrected chi connectivity index (χ2v) is 9.07. The molecule has 2 nitrogen and oxygen atoms in total. The molecule has 2 fully saturated rings. The van der Waals surface area contributed by atoms with Crippen molar-refractivity contribution in [2.45, 2.75) is 78.8 Å². The predicted octanol–water partition coefficient (Wildman–Crippen LogP) is 4.01. The van der Waals surface area contributed by atoms with Gasteiger partial charge < -0.3 is 0 Å². The summed E-state index contributed by atoms with van der Waals surface area (Å²) in [6.07, 6.45) is 5.73. The maximum atomic E-state index is 2.78. The van der Waals surface area contributed by atoms with Crippen molar-refractivity contribution in [2.75, 3.05) is 26.2 Å². The highest BCUT2D eigenvalue weighted by Gasteiger charge is 2.34. The minimum absolute atomic E-state index is 0.343. The van der Waals surface area contributed by atoms with Crippen molar-refractivity contribution in [1.82, 2.24) is 9.80 Å². The van der Waals surface area contributed by atoms with E-state index in [4.69, 9.17) is 0 Å². The molecule has 1 saturated heterocycles. The number of rotatable bonds is 1. The molecule has 0 radical (unpaired) electrons. The van der Waals surface area contributed by atoms with Crippen molar-refractivity contribution in [3.8, 4) is 0 Å². The SMILES string of the molecule is CC(C)(C)C1CCC(N2CCN(C(C)(C)C)CC2)CC1. The third-order valence-corrected chi connectivity index (χ3v) is 5.70. The molecule has 0 aromatic rings. The summed E-state index contributed by atoms with van der Waals surface area (Å²) in [6, 6.07) is 0.871. The minimum Gasteiger partial charge on any atom is -0.298 e. The number of piperazine rings is 1. The lowest BCUT2D eigenvalue weighted by atomic mass is 9.71. The van der Waals surface area contributed by atoms with Crippen molar-refractivity contribution in [2.24, 2.45) is 11.3 Å². The molecule has 2 rings (SSSR count). The summed E-state index contributed by atoms with van der Waals surface area (Å²) in [7, 11) is 0. The lowest BCUT2D eigenvalue weighted by molar-refractivity contribution is 0.0216. The van der Waals surface area contributed by atoms with E-state index in [0.717, 1.165) is 12.0 Å². The Morgan fingerprint density at radius 3 is 1.60 bits per heavy atom. The van der Waals surface area contributed by atoms with Gasteiger partial charge >= 0.3 is 0 Å². The van der Waals surface area contributed by atoms with Crippen LogP contribution in [0.2, 0.25) is 0 Å². The van der Waals surface area contributed by atoms with E-state index in [2.05, 4.69) is 51.3 Å². The van der Waals surface area contributed by atoms with Gasteiger partial charge in [-0.3, -0.25) is 9.80 Å². The molecule has 1 saturated carbocycles. The first-order valence-electron chi connectivity index (χ1n) is 8.67. The molecule has 0 bridgehead atoms. The summed E-state index contributed by atoms with van der Waals surface area (Å²) in [4.78, 5) is 5.42. The lowest BCUT2D eigenvalue weighted by Gasteiger charge is -2.47. The normalized spacial score (nSPS) is 31.5. The first-order valence-corrected chi connectivity index (χ1v) is 8.67. The Kier molecular flexibility index (Phi) is 4.86. The summed E-state index contributed by atoms with van der Waals surface area (Å²) in [5, 5.41) is 0. The third-order valence-electron chi connectivity index (χ3n) is 5.70. The molecule has 2 aliphatic rings. The van der Waals surface area contributed by atoms with E-state index in [1.807, 2.05) is 0 Å². The Labute approximate surface area is 126 Å². The Balaban J connectivity index is 1.79. The summed E-state index contributed by atoms with van der Waals surface area (Å²) in [5.41, 5.74) is 0.853. The molecular formula is C18H36N2. The molecule has 0 atom stereocenters. The number of hydrogen-bond acceptors (Lipinski definition) is 2. The number of nitrogens with zero attached hydrogens (tertiary/aromatic N) is 2. The van der Waals surface area contributed by atoms with Gasteiger partial charge in [0.2, 0.25) is 0 Å². The van der Waals surface area contributed by atoms with Crippen molar-refractivity contribution in [1.29, 1.82) is 0 Å².